The number of amides is 1. The highest BCUT2D eigenvalue weighted by Crippen LogP contribution is 2.14. The van der Waals surface area contributed by atoms with Crippen LogP contribution in [0.1, 0.15) is 17.3 Å². The molecule has 0 radical (unpaired) electrons. The second kappa shape index (κ2) is 6.21. The van der Waals surface area contributed by atoms with Gasteiger partial charge in [-0.25, -0.2) is 0 Å². The van der Waals surface area contributed by atoms with Gasteiger partial charge >= 0.3 is 0 Å². The second-order valence-electron chi connectivity index (χ2n) is 3.75. The number of allylic oxidation sites excluding steroid dienone is 1. The maximum absolute atomic E-state index is 11.9. The van der Waals surface area contributed by atoms with Crippen molar-refractivity contribution in [2.45, 2.75) is 12.3 Å². The normalized spacial score (nSPS) is 12.9. The lowest BCUT2D eigenvalue weighted by Crippen LogP contribution is -2.24. The van der Waals surface area contributed by atoms with E-state index in [-0.39, 0.29) is 5.78 Å². The van der Waals surface area contributed by atoms with E-state index in [9.17, 15) is 9.59 Å². The van der Waals surface area contributed by atoms with Crippen molar-refractivity contribution in [3.05, 3.63) is 41.5 Å². The van der Waals surface area contributed by atoms with Gasteiger partial charge in [-0.3, -0.25) is 9.59 Å². The first kappa shape index (κ1) is 14.3. The topological polar surface area (TPSA) is 69.4 Å². The van der Waals surface area contributed by atoms with Crippen LogP contribution in [-0.2, 0) is 4.79 Å². The average Bonchev–Trinajstić information content (AvgIpc) is 2.37. The van der Waals surface area contributed by atoms with Crippen LogP contribution >= 0.6 is 11.6 Å². The minimum absolute atomic E-state index is 0.234. The molecule has 0 spiro atoms. The van der Waals surface area contributed by atoms with Crippen molar-refractivity contribution in [1.29, 1.82) is 0 Å². The Labute approximate surface area is 110 Å². The highest BCUT2D eigenvalue weighted by Gasteiger charge is 2.14. The first-order valence-electron chi connectivity index (χ1n) is 5.25. The summed E-state index contributed by atoms with van der Waals surface area (Å²) in [6.45, 7) is 1.59. The molecule has 1 amide bonds. The van der Waals surface area contributed by atoms with Crippen LogP contribution in [-0.4, -0.2) is 24.2 Å². The summed E-state index contributed by atoms with van der Waals surface area (Å²) in [5.74, 6) is -0.241. The molecule has 1 unspecified atom stereocenters. The molecule has 4 nitrogen and oxygen atoms in total. The first-order chi connectivity index (χ1) is 8.45. The maximum Gasteiger partial charge on any atom is 0.239 e. The lowest BCUT2D eigenvalue weighted by Gasteiger charge is -2.05. The van der Waals surface area contributed by atoms with E-state index in [1.54, 1.807) is 38.3 Å². The molecule has 96 valence electrons. The summed E-state index contributed by atoms with van der Waals surface area (Å²) in [4.78, 5) is 22.7. The van der Waals surface area contributed by atoms with E-state index in [1.165, 1.54) is 6.08 Å². The molecular formula is C13H14ClNO3. The van der Waals surface area contributed by atoms with Crippen LogP contribution in [0.5, 0.6) is 5.75 Å². The number of primary amides is 1. The Bertz CT molecular complexity index is 480. The fourth-order valence-corrected chi connectivity index (χ4v) is 1.41. The van der Waals surface area contributed by atoms with Crippen molar-refractivity contribution in [2.24, 2.45) is 5.73 Å². The molecule has 1 aromatic rings. The number of hydrogen-bond donors (Lipinski definition) is 1. The van der Waals surface area contributed by atoms with Crippen molar-refractivity contribution in [3.63, 3.8) is 0 Å². The zero-order valence-electron chi connectivity index (χ0n) is 10.1. The van der Waals surface area contributed by atoms with Gasteiger partial charge in [0.25, 0.3) is 0 Å². The van der Waals surface area contributed by atoms with Gasteiger partial charge in [0.2, 0.25) is 5.91 Å². The number of alkyl halides is 1. The number of rotatable bonds is 5. The number of hydrogen-bond acceptors (Lipinski definition) is 3. The number of ether oxygens (including phenoxy) is 1. The monoisotopic (exact) mass is 267 g/mol. The molecule has 5 heteroatoms. The Morgan fingerprint density at radius 2 is 1.89 bits per heavy atom. The van der Waals surface area contributed by atoms with Gasteiger partial charge in [0.05, 0.1) is 7.11 Å². The molecular weight excluding hydrogens is 254 g/mol. The highest BCUT2D eigenvalue weighted by atomic mass is 35.5. The quantitative estimate of drug-likeness (QED) is 0.503. The van der Waals surface area contributed by atoms with Crippen molar-refractivity contribution >= 4 is 23.3 Å². The fraction of sp³-hybridized carbons (Fsp3) is 0.231. The Kier molecular flexibility index (Phi) is 4.92. The van der Waals surface area contributed by atoms with Gasteiger partial charge in [0, 0.05) is 5.56 Å². The van der Waals surface area contributed by atoms with Crippen molar-refractivity contribution in [1.82, 2.24) is 0 Å². The fourth-order valence-electron chi connectivity index (χ4n) is 1.34. The van der Waals surface area contributed by atoms with E-state index in [0.717, 1.165) is 0 Å². The molecule has 0 heterocycles. The minimum Gasteiger partial charge on any atom is -0.497 e. The third-order valence-electron chi connectivity index (χ3n) is 2.38. The Hall–Kier alpha value is -1.81. The number of halogens is 1. The molecule has 1 aromatic carbocycles. The molecule has 0 aliphatic carbocycles. The number of methoxy groups -OCH3 is 1. The molecule has 1 atom stereocenters. The van der Waals surface area contributed by atoms with Crippen LogP contribution < -0.4 is 10.5 Å². The van der Waals surface area contributed by atoms with Gasteiger partial charge in [-0.15, -0.1) is 11.6 Å². The van der Waals surface area contributed by atoms with Gasteiger partial charge in [0.15, 0.2) is 5.78 Å². The highest BCUT2D eigenvalue weighted by molar-refractivity contribution is 6.32. The third-order valence-corrected chi connectivity index (χ3v) is 2.94. The Morgan fingerprint density at radius 1 is 1.33 bits per heavy atom. The van der Waals surface area contributed by atoms with Crippen LogP contribution in [0.3, 0.4) is 0 Å². The van der Waals surface area contributed by atoms with Gasteiger partial charge in [-0.2, -0.15) is 0 Å². The first-order valence-corrected chi connectivity index (χ1v) is 5.69. The Morgan fingerprint density at radius 3 is 2.33 bits per heavy atom. The SMILES string of the molecule is COc1ccc(C(=O)/C=C(\C)C(Cl)C(N)=O)cc1. The van der Waals surface area contributed by atoms with Crippen LogP contribution in [0.2, 0.25) is 0 Å². The maximum atomic E-state index is 11.9. The lowest BCUT2D eigenvalue weighted by molar-refractivity contribution is -0.117. The van der Waals surface area contributed by atoms with Gasteiger partial charge < -0.3 is 10.5 Å². The van der Waals surface area contributed by atoms with E-state index < -0.39 is 11.3 Å². The minimum atomic E-state index is -0.966. The van der Waals surface area contributed by atoms with Gasteiger partial charge in [-0.1, -0.05) is 0 Å². The Balaban J connectivity index is 2.87. The second-order valence-corrected chi connectivity index (χ2v) is 4.18. The number of benzene rings is 1. The van der Waals surface area contributed by atoms with Crippen molar-refractivity contribution in [3.8, 4) is 5.75 Å². The molecule has 0 saturated carbocycles. The number of carbonyl (C=O) groups is 2. The zero-order chi connectivity index (χ0) is 13.7. The van der Waals surface area contributed by atoms with Crippen LogP contribution in [0.15, 0.2) is 35.9 Å². The van der Waals surface area contributed by atoms with Crippen LogP contribution in [0.4, 0.5) is 0 Å². The van der Waals surface area contributed by atoms with E-state index >= 15 is 0 Å². The molecule has 0 aromatic heterocycles. The molecule has 18 heavy (non-hydrogen) atoms. The van der Waals surface area contributed by atoms with E-state index in [0.29, 0.717) is 16.9 Å². The summed E-state index contributed by atoms with van der Waals surface area (Å²) >= 11 is 5.73. The molecule has 0 bridgehead atoms. The van der Waals surface area contributed by atoms with E-state index in [1.807, 2.05) is 0 Å². The summed E-state index contributed by atoms with van der Waals surface area (Å²) < 4.78 is 4.99. The summed E-state index contributed by atoms with van der Waals surface area (Å²) in [5, 5.41) is -0.966. The van der Waals surface area contributed by atoms with Gasteiger partial charge in [-0.05, 0) is 42.8 Å². The number of nitrogens with two attached hydrogens (primary N) is 1. The number of ketones is 1. The zero-order valence-corrected chi connectivity index (χ0v) is 10.9. The predicted octanol–water partition coefficient (Wildman–Crippen LogP) is 1.92. The summed E-state index contributed by atoms with van der Waals surface area (Å²) in [6, 6.07) is 6.64. The predicted molar refractivity (Wildman–Crippen MR) is 69.9 cm³/mol. The molecule has 0 saturated heterocycles. The lowest BCUT2D eigenvalue weighted by atomic mass is 10.1. The smallest absolute Gasteiger partial charge is 0.239 e. The van der Waals surface area contributed by atoms with E-state index in [4.69, 9.17) is 22.1 Å². The molecule has 0 aliphatic heterocycles. The standard InChI is InChI=1S/C13H14ClNO3/c1-8(12(14)13(15)17)7-11(16)9-3-5-10(18-2)6-4-9/h3-7,12H,1-2H3,(H2,15,17)/b8-7+. The summed E-state index contributed by atoms with van der Waals surface area (Å²) in [5.41, 5.74) is 5.96. The molecule has 0 fully saturated rings. The summed E-state index contributed by atoms with van der Waals surface area (Å²) in [6.07, 6.45) is 1.31. The average molecular weight is 268 g/mol. The molecule has 2 N–H and O–H groups in total. The summed E-state index contributed by atoms with van der Waals surface area (Å²) in [7, 11) is 1.55. The van der Waals surface area contributed by atoms with Crippen molar-refractivity contribution < 1.29 is 14.3 Å². The van der Waals surface area contributed by atoms with Crippen LogP contribution in [0, 0.1) is 0 Å². The largest absolute Gasteiger partial charge is 0.497 e. The van der Waals surface area contributed by atoms with Gasteiger partial charge in [0.1, 0.15) is 11.1 Å². The number of carbonyl (C=O) groups excluding carboxylic acids is 2. The van der Waals surface area contributed by atoms with Crippen molar-refractivity contribution in [2.75, 3.05) is 7.11 Å². The van der Waals surface area contributed by atoms with Crippen LogP contribution in [0.25, 0.3) is 0 Å². The molecule has 1 rings (SSSR count). The third kappa shape index (κ3) is 3.60. The molecule has 0 aliphatic rings. The van der Waals surface area contributed by atoms with E-state index in [2.05, 4.69) is 0 Å².